The van der Waals surface area contributed by atoms with Gasteiger partial charge < -0.3 is 0 Å². The molecule has 8 heteroatoms. The van der Waals surface area contributed by atoms with Crippen LogP contribution in [-0.2, 0) is 9.59 Å². The molecule has 1 saturated carbocycles. The highest BCUT2D eigenvalue weighted by molar-refractivity contribution is 6.33. The molecule has 0 bridgehead atoms. The molecule has 0 heterocycles. The fraction of sp³-hybridized carbons (Fsp3) is 0.200. The van der Waals surface area contributed by atoms with Crippen LogP contribution in [0.15, 0.2) is 58.7 Å². The zero-order chi connectivity index (χ0) is 20.0. The Kier molecular flexibility index (Phi) is 6.44. The van der Waals surface area contributed by atoms with Crippen LogP contribution < -0.4 is 10.9 Å². The molecule has 2 N–H and O–H groups in total. The quantitative estimate of drug-likeness (QED) is 0.426. The molecular weight excluding hydrogens is 399 g/mol. The lowest BCUT2D eigenvalue weighted by Gasteiger charge is -2.36. The maximum atomic E-state index is 12.6. The first-order valence-corrected chi connectivity index (χ1v) is 9.44. The van der Waals surface area contributed by atoms with Crippen LogP contribution in [0.3, 0.4) is 0 Å². The zero-order valence-corrected chi connectivity index (χ0v) is 16.4. The van der Waals surface area contributed by atoms with E-state index in [0.717, 1.165) is 6.42 Å². The molecule has 6 nitrogen and oxygen atoms in total. The van der Waals surface area contributed by atoms with Crippen molar-refractivity contribution in [2.24, 2.45) is 15.6 Å². The second-order valence-corrected chi connectivity index (χ2v) is 7.19. The third-order valence-electron chi connectivity index (χ3n) is 4.63. The van der Waals surface area contributed by atoms with Gasteiger partial charge in [-0.15, -0.1) is 0 Å². The van der Waals surface area contributed by atoms with Crippen LogP contribution in [-0.4, -0.2) is 24.2 Å². The second-order valence-electron chi connectivity index (χ2n) is 6.38. The topological polar surface area (TPSA) is 82.9 Å². The molecule has 0 aromatic heterocycles. The summed E-state index contributed by atoms with van der Waals surface area (Å²) in [6.07, 6.45) is 4.55. The van der Waals surface area contributed by atoms with E-state index >= 15 is 0 Å². The minimum absolute atomic E-state index is 0.438. The molecule has 1 aliphatic carbocycles. The number of hydrogen-bond donors (Lipinski definition) is 2. The average Bonchev–Trinajstić information content (AvgIpc) is 2.64. The van der Waals surface area contributed by atoms with E-state index in [1.165, 1.54) is 12.4 Å². The van der Waals surface area contributed by atoms with Gasteiger partial charge in [0, 0.05) is 21.2 Å². The van der Waals surface area contributed by atoms with Gasteiger partial charge in [-0.25, -0.2) is 10.9 Å². The van der Waals surface area contributed by atoms with Gasteiger partial charge in [-0.3, -0.25) is 9.59 Å². The Balaban J connectivity index is 1.62. The molecule has 0 atom stereocenters. The molecule has 3 rings (SSSR count). The van der Waals surface area contributed by atoms with Gasteiger partial charge in [0.25, 0.3) is 11.8 Å². The van der Waals surface area contributed by atoms with Crippen molar-refractivity contribution in [3.8, 4) is 0 Å². The minimum Gasteiger partial charge on any atom is -0.272 e. The first kappa shape index (κ1) is 20.0. The summed E-state index contributed by atoms with van der Waals surface area (Å²) < 4.78 is 0. The largest absolute Gasteiger partial charge is 0.272 e. The summed E-state index contributed by atoms with van der Waals surface area (Å²) in [5.74, 6) is -0.931. The van der Waals surface area contributed by atoms with E-state index < -0.39 is 17.2 Å². The second kappa shape index (κ2) is 8.99. The van der Waals surface area contributed by atoms with Crippen LogP contribution >= 0.6 is 23.2 Å². The Morgan fingerprint density at radius 3 is 1.61 bits per heavy atom. The van der Waals surface area contributed by atoms with Crippen LogP contribution in [0.5, 0.6) is 0 Å². The van der Waals surface area contributed by atoms with Gasteiger partial charge >= 0.3 is 0 Å². The van der Waals surface area contributed by atoms with Crippen molar-refractivity contribution in [2.45, 2.75) is 19.3 Å². The van der Waals surface area contributed by atoms with Gasteiger partial charge in [-0.05, 0) is 25.0 Å². The van der Waals surface area contributed by atoms with E-state index in [0.29, 0.717) is 34.0 Å². The van der Waals surface area contributed by atoms with Gasteiger partial charge in [-0.2, -0.15) is 10.2 Å². The van der Waals surface area contributed by atoms with Crippen LogP contribution in [0.2, 0.25) is 10.0 Å². The summed E-state index contributed by atoms with van der Waals surface area (Å²) in [7, 11) is 0. The van der Waals surface area contributed by atoms with Crippen LogP contribution in [0, 0.1) is 5.41 Å². The van der Waals surface area contributed by atoms with E-state index in [1.54, 1.807) is 36.4 Å². The molecule has 2 aromatic rings. The van der Waals surface area contributed by atoms with Gasteiger partial charge in [0.05, 0.1) is 12.4 Å². The number of nitrogens with zero attached hydrogens (tertiary/aromatic N) is 2. The van der Waals surface area contributed by atoms with Crippen LogP contribution in [0.1, 0.15) is 30.4 Å². The molecule has 28 heavy (non-hydrogen) atoms. The molecule has 0 saturated heterocycles. The molecule has 0 unspecified atom stereocenters. The van der Waals surface area contributed by atoms with E-state index in [9.17, 15) is 9.59 Å². The minimum atomic E-state index is -1.17. The summed E-state index contributed by atoms with van der Waals surface area (Å²) in [6.45, 7) is 0. The maximum Gasteiger partial charge on any atom is 0.255 e. The lowest BCUT2D eigenvalue weighted by Crippen LogP contribution is -2.53. The third-order valence-corrected chi connectivity index (χ3v) is 5.31. The summed E-state index contributed by atoms with van der Waals surface area (Å²) in [6, 6.07) is 14.2. The number of amides is 2. The van der Waals surface area contributed by atoms with Crippen molar-refractivity contribution in [1.29, 1.82) is 0 Å². The standard InChI is InChI=1S/C20H18Cl2N4O2/c21-16-8-3-1-6-14(16)12-23-25-18(27)20(10-5-11-20)19(28)26-24-13-15-7-2-4-9-17(15)22/h1-4,6-9,12-13H,5,10-11H2,(H,25,27)(H,26,28)/b23-12+,24-13+. The average molecular weight is 417 g/mol. The molecule has 2 amide bonds. The number of halogens is 2. The number of carbonyl (C=O) groups excluding carboxylic acids is 2. The van der Waals surface area contributed by atoms with Gasteiger partial charge in [0.15, 0.2) is 0 Å². The number of carbonyl (C=O) groups is 2. The highest BCUT2D eigenvalue weighted by Crippen LogP contribution is 2.41. The van der Waals surface area contributed by atoms with Crippen molar-refractivity contribution >= 4 is 47.4 Å². The lowest BCUT2D eigenvalue weighted by molar-refractivity contribution is -0.149. The Labute approximate surface area is 172 Å². The molecule has 0 radical (unpaired) electrons. The van der Waals surface area contributed by atoms with Crippen molar-refractivity contribution in [2.75, 3.05) is 0 Å². The first-order valence-electron chi connectivity index (χ1n) is 8.69. The smallest absolute Gasteiger partial charge is 0.255 e. The summed E-state index contributed by atoms with van der Waals surface area (Å²) in [4.78, 5) is 25.1. The number of benzene rings is 2. The Bertz CT molecular complexity index is 868. The fourth-order valence-corrected chi connectivity index (χ4v) is 3.15. The molecule has 1 aliphatic rings. The fourth-order valence-electron chi connectivity index (χ4n) is 2.78. The molecular formula is C20H18Cl2N4O2. The monoisotopic (exact) mass is 416 g/mol. The van der Waals surface area contributed by atoms with E-state index in [2.05, 4.69) is 21.1 Å². The van der Waals surface area contributed by atoms with E-state index in [1.807, 2.05) is 12.1 Å². The SMILES string of the molecule is O=C(N/N=C/c1ccccc1Cl)C1(C(=O)N/N=C/c2ccccc2Cl)CCC1. The Morgan fingerprint density at radius 2 is 1.25 bits per heavy atom. The molecule has 144 valence electrons. The van der Waals surface area contributed by atoms with Crippen molar-refractivity contribution in [1.82, 2.24) is 10.9 Å². The molecule has 0 aliphatic heterocycles. The first-order chi connectivity index (χ1) is 13.5. The predicted octanol–water partition coefficient (Wildman–Crippen LogP) is 3.76. The highest BCUT2D eigenvalue weighted by atomic mass is 35.5. The Hall–Kier alpha value is -2.70. The zero-order valence-electron chi connectivity index (χ0n) is 14.9. The predicted molar refractivity (Wildman–Crippen MR) is 111 cm³/mol. The number of rotatable bonds is 6. The lowest BCUT2D eigenvalue weighted by atomic mass is 9.67. The maximum absolute atomic E-state index is 12.6. The summed E-state index contributed by atoms with van der Waals surface area (Å²) >= 11 is 12.1. The van der Waals surface area contributed by atoms with E-state index in [-0.39, 0.29) is 0 Å². The number of nitrogens with one attached hydrogen (secondary N) is 2. The molecule has 0 spiro atoms. The van der Waals surface area contributed by atoms with Crippen LogP contribution in [0.25, 0.3) is 0 Å². The van der Waals surface area contributed by atoms with Crippen molar-refractivity contribution in [3.05, 3.63) is 69.7 Å². The van der Waals surface area contributed by atoms with Crippen LogP contribution in [0.4, 0.5) is 0 Å². The van der Waals surface area contributed by atoms with Gasteiger partial charge in [-0.1, -0.05) is 66.0 Å². The normalized spacial score (nSPS) is 15.4. The molecule has 2 aromatic carbocycles. The van der Waals surface area contributed by atoms with Crippen molar-refractivity contribution in [3.63, 3.8) is 0 Å². The summed E-state index contributed by atoms with van der Waals surface area (Å²) in [5, 5.41) is 8.89. The van der Waals surface area contributed by atoms with Gasteiger partial charge in [0.2, 0.25) is 0 Å². The number of hydrogen-bond acceptors (Lipinski definition) is 4. The Morgan fingerprint density at radius 1 is 0.821 bits per heavy atom. The van der Waals surface area contributed by atoms with Crippen molar-refractivity contribution < 1.29 is 9.59 Å². The molecule has 1 fully saturated rings. The van der Waals surface area contributed by atoms with E-state index in [4.69, 9.17) is 23.2 Å². The van der Waals surface area contributed by atoms with Gasteiger partial charge in [0.1, 0.15) is 5.41 Å². The highest BCUT2D eigenvalue weighted by Gasteiger charge is 2.51. The third kappa shape index (κ3) is 4.40. The number of hydrazone groups is 2. The summed E-state index contributed by atoms with van der Waals surface area (Å²) in [5.41, 5.74) is 5.04.